The number of nitrogens with one attached hydrogen (secondary N) is 1. The lowest BCUT2D eigenvalue weighted by Crippen LogP contribution is -2.38. The molecule has 0 radical (unpaired) electrons. The van der Waals surface area contributed by atoms with E-state index in [1.807, 2.05) is 58.9 Å². The highest BCUT2D eigenvalue weighted by Gasteiger charge is 2.30. The van der Waals surface area contributed by atoms with Gasteiger partial charge in [0.1, 0.15) is 11.6 Å². The maximum absolute atomic E-state index is 14.1. The number of aromatic nitrogens is 2. The van der Waals surface area contributed by atoms with E-state index in [9.17, 15) is 13.2 Å². The number of hydrogen-bond acceptors (Lipinski definition) is 6. The Labute approximate surface area is 209 Å². The first kappa shape index (κ1) is 24.8. The van der Waals surface area contributed by atoms with Crippen LogP contribution in [-0.4, -0.2) is 31.1 Å². The number of benzene rings is 3. The number of amides is 1. The van der Waals surface area contributed by atoms with E-state index in [0.717, 1.165) is 21.5 Å². The minimum absolute atomic E-state index is 0.148. The summed E-state index contributed by atoms with van der Waals surface area (Å²) in [5.41, 5.74) is 1.97. The number of hydrogen-bond donors (Lipinski definition) is 1. The van der Waals surface area contributed by atoms with Crippen molar-refractivity contribution in [1.29, 1.82) is 0 Å². The smallest absolute Gasteiger partial charge is 0.265 e. The van der Waals surface area contributed by atoms with Gasteiger partial charge in [0.15, 0.2) is 0 Å². The van der Waals surface area contributed by atoms with Gasteiger partial charge in [-0.15, -0.1) is 10.2 Å². The fourth-order valence-electron chi connectivity index (χ4n) is 3.71. The van der Waals surface area contributed by atoms with Crippen LogP contribution in [-0.2, 0) is 20.2 Å². The van der Waals surface area contributed by atoms with Gasteiger partial charge in [-0.2, -0.15) is 0 Å². The molecule has 182 valence electrons. The van der Waals surface area contributed by atoms with Crippen molar-refractivity contribution in [3.05, 3.63) is 76.8 Å². The summed E-state index contributed by atoms with van der Waals surface area (Å²) in [6.45, 7) is 9.40. The summed E-state index contributed by atoms with van der Waals surface area (Å²) in [7, 11) is -4.09. The standard InChI is InChI=1S/C26H28N4O3S2/c1-17-10-8-14-21(18(17)2)30(16-23(31)27-25-29-28-24(34-25)26(3,4)5)35(32,33)22-15-9-12-19-11-6-7-13-20(19)22/h6-15H,16H2,1-5H3,(H,27,29,31). The van der Waals surface area contributed by atoms with Gasteiger partial charge in [-0.25, -0.2) is 8.42 Å². The Hall–Kier alpha value is -3.30. The van der Waals surface area contributed by atoms with Crippen LogP contribution in [0, 0.1) is 13.8 Å². The topological polar surface area (TPSA) is 92.3 Å². The largest absolute Gasteiger partial charge is 0.299 e. The van der Waals surface area contributed by atoms with Crippen LogP contribution in [0.2, 0.25) is 0 Å². The third kappa shape index (κ3) is 5.06. The molecule has 0 unspecified atom stereocenters. The molecule has 4 aromatic rings. The summed E-state index contributed by atoms with van der Waals surface area (Å²) in [6, 6.07) is 17.9. The number of nitrogens with zero attached hydrogens (tertiary/aromatic N) is 3. The zero-order valence-corrected chi connectivity index (χ0v) is 22.0. The minimum Gasteiger partial charge on any atom is -0.299 e. The van der Waals surface area contributed by atoms with Crippen LogP contribution in [0.25, 0.3) is 10.8 Å². The van der Waals surface area contributed by atoms with E-state index in [1.165, 1.54) is 15.6 Å². The van der Waals surface area contributed by atoms with Crippen LogP contribution in [0.1, 0.15) is 36.9 Å². The third-order valence-corrected chi connectivity index (χ3v) is 8.84. The molecule has 1 N–H and O–H groups in total. The van der Waals surface area contributed by atoms with E-state index in [-0.39, 0.29) is 10.3 Å². The lowest BCUT2D eigenvalue weighted by molar-refractivity contribution is -0.114. The number of carbonyl (C=O) groups is 1. The first-order valence-corrected chi connectivity index (χ1v) is 13.4. The molecule has 1 amide bonds. The maximum atomic E-state index is 14.1. The molecular weight excluding hydrogens is 480 g/mol. The number of rotatable bonds is 6. The first-order valence-electron chi connectivity index (χ1n) is 11.2. The van der Waals surface area contributed by atoms with Gasteiger partial charge in [-0.05, 0) is 42.5 Å². The molecule has 35 heavy (non-hydrogen) atoms. The van der Waals surface area contributed by atoms with Crippen molar-refractivity contribution < 1.29 is 13.2 Å². The Kier molecular flexibility index (Phi) is 6.66. The van der Waals surface area contributed by atoms with Gasteiger partial charge in [0.2, 0.25) is 11.0 Å². The molecule has 0 spiro atoms. The van der Waals surface area contributed by atoms with Crippen LogP contribution in [0.3, 0.4) is 0 Å². The van der Waals surface area contributed by atoms with E-state index >= 15 is 0 Å². The van der Waals surface area contributed by atoms with E-state index in [0.29, 0.717) is 16.2 Å². The van der Waals surface area contributed by atoms with Gasteiger partial charge in [-0.3, -0.25) is 14.4 Å². The molecule has 7 nitrogen and oxygen atoms in total. The van der Waals surface area contributed by atoms with Crippen molar-refractivity contribution in [2.45, 2.75) is 44.9 Å². The van der Waals surface area contributed by atoms with Gasteiger partial charge in [0, 0.05) is 10.8 Å². The molecule has 0 bridgehead atoms. The molecule has 4 rings (SSSR count). The van der Waals surface area contributed by atoms with Crippen LogP contribution in [0.15, 0.2) is 65.6 Å². The van der Waals surface area contributed by atoms with Crippen molar-refractivity contribution in [2.75, 3.05) is 16.2 Å². The normalized spacial score (nSPS) is 12.0. The fraction of sp³-hybridized carbons (Fsp3) is 0.269. The van der Waals surface area contributed by atoms with Gasteiger partial charge < -0.3 is 0 Å². The van der Waals surface area contributed by atoms with Crippen molar-refractivity contribution in [1.82, 2.24) is 10.2 Å². The highest BCUT2D eigenvalue weighted by atomic mass is 32.2. The quantitative estimate of drug-likeness (QED) is 0.374. The fourth-order valence-corrected chi connectivity index (χ4v) is 6.22. The number of sulfonamides is 1. The van der Waals surface area contributed by atoms with Crippen LogP contribution < -0.4 is 9.62 Å². The van der Waals surface area contributed by atoms with E-state index in [1.54, 1.807) is 36.4 Å². The molecule has 0 aliphatic rings. The molecule has 0 atom stereocenters. The summed E-state index contributed by atoms with van der Waals surface area (Å²) in [5.74, 6) is -0.494. The number of anilines is 2. The second-order valence-corrected chi connectivity index (χ2v) is 12.2. The van der Waals surface area contributed by atoms with Crippen molar-refractivity contribution >= 4 is 48.9 Å². The van der Waals surface area contributed by atoms with Crippen LogP contribution in [0.4, 0.5) is 10.8 Å². The average molecular weight is 509 g/mol. The lowest BCUT2D eigenvalue weighted by atomic mass is 9.98. The van der Waals surface area contributed by atoms with Crippen LogP contribution >= 0.6 is 11.3 Å². The average Bonchev–Trinajstić information content (AvgIpc) is 3.28. The number of carbonyl (C=O) groups excluding carboxylic acids is 1. The first-order chi connectivity index (χ1) is 16.5. The van der Waals surface area contributed by atoms with Gasteiger partial charge >= 0.3 is 0 Å². The summed E-state index contributed by atoms with van der Waals surface area (Å²) in [6.07, 6.45) is 0. The van der Waals surface area contributed by atoms with Crippen LogP contribution in [0.5, 0.6) is 0 Å². The number of fused-ring (bicyclic) bond motifs is 1. The Morgan fingerprint density at radius 2 is 1.66 bits per heavy atom. The predicted molar refractivity (Wildman–Crippen MR) is 142 cm³/mol. The summed E-state index contributed by atoms with van der Waals surface area (Å²) < 4.78 is 29.3. The summed E-state index contributed by atoms with van der Waals surface area (Å²) >= 11 is 1.28. The summed E-state index contributed by atoms with van der Waals surface area (Å²) in [4.78, 5) is 13.3. The second kappa shape index (κ2) is 9.39. The highest BCUT2D eigenvalue weighted by molar-refractivity contribution is 7.93. The molecule has 3 aromatic carbocycles. The Morgan fingerprint density at radius 3 is 2.37 bits per heavy atom. The molecule has 0 fully saturated rings. The molecule has 0 aliphatic carbocycles. The van der Waals surface area contributed by atoms with Crippen molar-refractivity contribution in [2.24, 2.45) is 0 Å². The third-order valence-electron chi connectivity index (χ3n) is 5.76. The molecule has 1 aromatic heterocycles. The molecule has 1 heterocycles. The highest BCUT2D eigenvalue weighted by Crippen LogP contribution is 2.32. The Balaban J connectivity index is 1.75. The molecule has 0 saturated carbocycles. The SMILES string of the molecule is Cc1cccc(N(CC(=O)Nc2nnc(C(C)(C)C)s2)S(=O)(=O)c2cccc3ccccc23)c1C. The lowest BCUT2D eigenvalue weighted by Gasteiger charge is -2.26. The van der Waals surface area contributed by atoms with Gasteiger partial charge in [0.05, 0.1) is 10.6 Å². The molecular formula is C26H28N4O3S2. The minimum atomic E-state index is -4.09. The Morgan fingerprint density at radius 1 is 0.971 bits per heavy atom. The van der Waals surface area contributed by atoms with Crippen molar-refractivity contribution in [3.63, 3.8) is 0 Å². The van der Waals surface area contributed by atoms with E-state index in [4.69, 9.17) is 0 Å². The summed E-state index contributed by atoms with van der Waals surface area (Å²) in [5, 5.41) is 13.5. The van der Waals surface area contributed by atoms with E-state index < -0.39 is 22.5 Å². The van der Waals surface area contributed by atoms with Gasteiger partial charge in [0.25, 0.3) is 10.0 Å². The zero-order chi connectivity index (χ0) is 25.4. The predicted octanol–water partition coefficient (Wildman–Crippen LogP) is 5.44. The Bertz CT molecular complexity index is 1500. The monoisotopic (exact) mass is 508 g/mol. The zero-order valence-electron chi connectivity index (χ0n) is 20.4. The molecule has 9 heteroatoms. The molecule has 0 saturated heterocycles. The van der Waals surface area contributed by atoms with Gasteiger partial charge in [-0.1, -0.05) is 80.6 Å². The van der Waals surface area contributed by atoms with E-state index in [2.05, 4.69) is 15.5 Å². The second-order valence-electron chi connectivity index (χ2n) is 9.42. The van der Waals surface area contributed by atoms with Crippen molar-refractivity contribution in [3.8, 4) is 0 Å². The maximum Gasteiger partial charge on any atom is 0.265 e. The molecule has 0 aliphatic heterocycles. The number of aryl methyl sites for hydroxylation is 1.